The van der Waals surface area contributed by atoms with E-state index in [1.54, 1.807) is 0 Å². The van der Waals surface area contributed by atoms with Crippen LogP contribution in [-0.2, 0) is 5.41 Å². The summed E-state index contributed by atoms with van der Waals surface area (Å²) in [5.74, 6) is 1.91. The first kappa shape index (κ1) is 16.1. The van der Waals surface area contributed by atoms with Crippen molar-refractivity contribution < 1.29 is 9.47 Å². The van der Waals surface area contributed by atoms with Crippen LogP contribution in [0.3, 0.4) is 0 Å². The zero-order valence-corrected chi connectivity index (χ0v) is 14.2. The van der Waals surface area contributed by atoms with Gasteiger partial charge in [0.05, 0.1) is 6.61 Å². The first-order valence-corrected chi connectivity index (χ1v) is 8.69. The topological polar surface area (TPSA) is 30.5 Å². The largest absolute Gasteiger partial charge is 0.492 e. The van der Waals surface area contributed by atoms with E-state index in [9.17, 15) is 0 Å². The summed E-state index contributed by atoms with van der Waals surface area (Å²) in [6, 6.07) is 6.37. The van der Waals surface area contributed by atoms with Crippen molar-refractivity contribution in [3.63, 3.8) is 0 Å². The maximum Gasteiger partial charge on any atom is 0.126 e. The SMILES string of the molecule is C/C=C\C=C(/CC)COc1ccc2c(c1)OCC21CCNCC1. The van der Waals surface area contributed by atoms with E-state index in [2.05, 4.69) is 42.6 Å². The van der Waals surface area contributed by atoms with E-state index in [1.165, 1.54) is 11.1 Å². The third-order valence-corrected chi connectivity index (χ3v) is 4.99. The van der Waals surface area contributed by atoms with Crippen LogP contribution in [0.5, 0.6) is 11.5 Å². The molecule has 2 aliphatic rings. The third-order valence-electron chi connectivity index (χ3n) is 4.99. The molecular weight excluding hydrogens is 286 g/mol. The Hall–Kier alpha value is -1.74. The van der Waals surface area contributed by atoms with E-state index in [1.807, 2.05) is 13.0 Å². The molecule has 2 aliphatic heterocycles. The Morgan fingerprint density at radius 3 is 2.91 bits per heavy atom. The Labute approximate surface area is 139 Å². The van der Waals surface area contributed by atoms with Gasteiger partial charge in [-0.2, -0.15) is 0 Å². The molecule has 0 radical (unpaired) electrons. The summed E-state index contributed by atoms with van der Waals surface area (Å²) in [7, 11) is 0. The van der Waals surface area contributed by atoms with Crippen molar-refractivity contribution in [1.82, 2.24) is 5.32 Å². The van der Waals surface area contributed by atoms with Gasteiger partial charge in [-0.3, -0.25) is 0 Å². The molecule has 0 bridgehead atoms. The first-order chi connectivity index (χ1) is 11.3. The smallest absolute Gasteiger partial charge is 0.126 e. The van der Waals surface area contributed by atoms with Crippen molar-refractivity contribution in [2.45, 2.75) is 38.5 Å². The van der Waals surface area contributed by atoms with Gasteiger partial charge in [0.2, 0.25) is 0 Å². The van der Waals surface area contributed by atoms with Gasteiger partial charge in [-0.1, -0.05) is 31.2 Å². The molecule has 3 nitrogen and oxygen atoms in total. The average molecular weight is 313 g/mol. The molecule has 1 aromatic carbocycles. The molecule has 0 aromatic heterocycles. The Kier molecular flexibility index (Phi) is 5.06. The maximum absolute atomic E-state index is 6.00. The van der Waals surface area contributed by atoms with Crippen LogP contribution in [0, 0.1) is 0 Å². The van der Waals surface area contributed by atoms with Crippen molar-refractivity contribution in [2.24, 2.45) is 0 Å². The normalized spacial score (nSPS) is 19.8. The lowest BCUT2D eigenvalue weighted by Crippen LogP contribution is -2.40. The summed E-state index contributed by atoms with van der Waals surface area (Å²) in [6.45, 7) is 7.79. The highest BCUT2D eigenvalue weighted by Gasteiger charge is 2.41. The van der Waals surface area contributed by atoms with Crippen molar-refractivity contribution in [3.05, 3.63) is 47.6 Å². The summed E-state index contributed by atoms with van der Waals surface area (Å²) < 4.78 is 12.0. The Bertz CT molecular complexity index is 598. The number of hydrogen-bond donors (Lipinski definition) is 1. The highest BCUT2D eigenvalue weighted by molar-refractivity contribution is 5.48. The van der Waals surface area contributed by atoms with Gasteiger partial charge in [0.25, 0.3) is 0 Å². The third kappa shape index (κ3) is 3.45. The molecule has 1 fully saturated rings. The van der Waals surface area contributed by atoms with E-state index in [0.717, 1.165) is 50.5 Å². The summed E-state index contributed by atoms with van der Waals surface area (Å²) in [4.78, 5) is 0. The quantitative estimate of drug-likeness (QED) is 0.834. The minimum Gasteiger partial charge on any atom is -0.492 e. The number of hydrogen-bond acceptors (Lipinski definition) is 3. The van der Waals surface area contributed by atoms with Gasteiger partial charge >= 0.3 is 0 Å². The van der Waals surface area contributed by atoms with Crippen molar-refractivity contribution in [2.75, 3.05) is 26.3 Å². The molecule has 0 saturated carbocycles. The minimum absolute atomic E-state index is 0.222. The number of piperidine rings is 1. The molecular formula is C20H27NO2. The maximum atomic E-state index is 6.00. The molecule has 3 rings (SSSR count). The fourth-order valence-electron chi connectivity index (χ4n) is 3.44. The molecule has 0 amide bonds. The van der Waals surface area contributed by atoms with Gasteiger partial charge < -0.3 is 14.8 Å². The van der Waals surface area contributed by atoms with Crippen molar-refractivity contribution in [3.8, 4) is 11.5 Å². The molecule has 1 spiro atoms. The highest BCUT2D eigenvalue weighted by atomic mass is 16.5. The molecule has 0 unspecified atom stereocenters. The van der Waals surface area contributed by atoms with Crippen LogP contribution >= 0.6 is 0 Å². The summed E-state index contributed by atoms with van der Waals surface area (Å²) in [6.07, 6.45) is 9.56. The predicted octanol–water partition coefficient (Wildman–Crippen LogP) is 3.99. The van der Waals surface area contributed by atoms with Crippen molar-refractivity contribution >= 4 is 0 Å². The summed E-state index contributed by atoms with van der Waals surface area (Å²) >= 11 is 0. The van der Waals surface area contributed by atoms with Crippen LogP contribution in [-0.4, -0.2) is 26.3 Å². The van der Waals surface area contributed by atoms with Crippen LogP contribution in [0.25, 0.3) is 0 Å². The van der Waals surface area contributed by atoms with Gasteiger partial charge in [0.15, 0.2) is 0 Å². The molecule has 1 N–H and O–H groups in total. The molecule has 23 heavy (non-hydrogen) atoms. The number of nitrogens with one attached hydrogen (secondary N) is 1. The average Bonchev–Trinajstić information content (AvgIpc) is 2.93. The van der Waals surface area contributed by atoms with Crippen LogP contribution < -0.4 is 14.8 Å². The zero-order valence-electron chi connectivity index (χ0n) is 14.2. The Balaban J connectivity index is 1.70. The fourth-order valence-corrected chi connectivity index (χ4v) is 3.44. The lowest BCUT2D eigenvalue weighted by molar-refractivity contribution is 0.220. The van der Waals surface area contributed by atoms with Gasteiger partial charge in [0, 0.05) is 17.0 Å². The van der Waals surface area contributed by atoms with E-state index in [-0.39, 0.29) is 5.41 Å². The van der Waals surface area contributed by atoms with Gasteiger partial charge in [0.1, 0.15) is 18.1 Å². The number of rotatable bonds is 5. The molecule has 1 saturated heterocycles. The Morgan fingerprint density at radius 1 is 1.35 bits per heavy atom. The zero-order chi connectivity index (χ0) is 16.1. The van der Waals surface area contributed by atoms with Crippen LogP contribution in [0.2, 0.25) is 0 Å². The van der Waals surface area contributed by atoms with Gasteiger partial charge in [-0.15, -0.1) is 0 Å². The second kappa shape index (κ2) is 7.22. The molecule has 0 atom stereocenters. The lowest BCUT2D eigenvalue weighted by Gasteiger charge is -2.32. The first-order valence-electron chi connectivity index (χ1n) is 8.69. The second-order valence-electron chi connectivity index (χ2n) is 6.47. The molecule has 0 aliphatic carbocycles. The van der Waals surface area contributed by atoms with E-state index in [0.29, 0.717) is 6.61 Å². The molecule has 124 valence electrons. The number of fused-ring (bicyclic) bond motifs is 2. The highest BCUT2D eigenvalue weighted by Crippen LogP contribution is 2.45. The number of allylic oxidation sites excluding steroid dienone is 3. The molecule has 2 heterocycles. The van der Waals surface area contributed by atoms with Gasteiger partial charge in [-0.05, 0) is 50.9 Å². The number of benzene rings is 1. The van der Waals surface area contributed by atoms with Gasteiger partial charge in [-0.25, -0.2) is 0 Å². The van der Waals surface area contributed by atoms with Crippen LogP contribution in [0.15, 0.2) is 42.0 Å². The minimum atomic E-state index is 0.222. The molecule has 3 heteroatoms. The fraction of sp³-hybridized carbons (Fsp3) is 0.500. The van der Waals surface area contributed by atoms with E-state index >= 15 is 0 Å². The van der Waals surface area contributed by atoms with Crippen molar-refractivity contribution in [1.29, 1.82) is 0 Å². The predicted molar refractivity (Wildman–Crippen MR) is 94.4 cm³/mol. The van der Waals surface area contributed by atoms with Crippen LogP contribution in [0.1, 0.15) is 38.7 Å². The monoisotopic (exact) mass is 313 g/mol. The summed E-state index contributed by atoms with van der Waals surface area (Å²) in [5, 5.41) is 3.44. The van der Waals surface area contributed by atoms with Crippen LogP contribution in [0.4, 0.5) is 0 Å². The number of ether oxygens (including phenoxy) is 2. The molecule has 1 aromatic rings. The van der Waals surface area contributed by atoms with E-state index < -0.39 is 0 Å². The lowest BCUT2D eigenvalue weighted by atomic mass is 9.75. The summed E-state index contributed by atoms with van der Waals surface area (Å²) in [5.41, 5.74) is 2.88. The Morgan fingerprint density at radius 2 is 2.17 bits per heavy atom. The van der Waals surface area contributed by atoms with E-state index in [4.69, 9.17) is 9.47 Å². The second-order valence-corrected chi connectivity index (χ2v) is 6.47. The standard InChI is InChI=1S/C20H27NO2/c1-3-5-6-16(4-2)14-22-17-7-8-18-19(13-17)23-15-20(18)9-11-21-12-10-20/h3,5-8,13,21H,4,9-12,14-15H2,1-2H3/b5-3-,16-6+.